The third-order valence-electron chi connectivity index (χ3n) is 12.3. The predicted octanol–water partition coefficient (Wildman–Crippen LogP) is 6.59. The number of likely N-dealkylation sites (tertiary alicyclic amines) is 1. The highest BCUT2D eigenvalue weighted by atomic mass is 35.5. The summed E-state index contributed by atoms with van der Waals surface area (Å²) in [5.74, 6) is 3.01. The topological polar surface area (TPSA) is 36.9 Å². The normalized spacial score (nSPS) is 40.1. The highest BCUT2D eigenvalue weighted by Gasteiger charge is 2.83. The van der Waals surface area contributed by atoms with E-state index in [0.29, 0.717) is 29.3 Å². The summed E-state index contributed by atoms with van der Waals surface area (Å²) in [7, 11) is 6.25. The Bertz CT molecular complexity index is 1380. The fourth-order valence-corrected chi connectivity index (χ4v) is 10.9. The van der Waals surface area contributed by atoms with Gasteiger partial charge in [-0.1, -0.05) is 35.3 Å². The van der Waals surface area contributed by atoms with Crippen LogP contribution in [-0.2, 0) is 27.9 Å². The number of rotatable bonds is 8. The zero-order valence-corrected chi connectivity index (χ0v) is 25.3. The Labute approximate surface area is 247 Å². The number of likely N-dealkylation sites (N-methyl/N-ethyl adjacent to an activating group) is 1. The molecule has 2 aliphatic heterocycles. The summed E-state index contributed by atoms with van der Waals surface area (Å²) in [6.45, 7) is 3.69. The number of piperidine rings is 1. The first-order valence-corrected chi connectivity index (χ1v) is 15.8. The van der Waals surface area contributed by atoms with Crippen molar-refractivity contribution >= 4 is 23.2 Å². The van der Waals surface area contributed by atoms with Crippen LogP contribution in [0.15, 0.2) is 30.3 Å². The van der Waals surface area contributed by atoms with Crippen molar-refractivity contribution in [1.29, 1.82) is 0 Å². The van der Waals surface area contributed by atoms with E-state index in [9.17, 15) is 0 Å². The largest absolute Gasteiger partial charge is 0.493 e. The van der Waals surface area contributed by atoms with E-state index in [-0.39, 0.29) is 28.5 Å². The summed E-state index contributed by atoms with van der Waals surface area (Å²) in [6.07, 6.45) is 8.41. The van der Waals surface area contributed by atoms with E-state index in [2.05, 4.69) is 19.2 Å². The lowest BCUT2D eigenvalue weighted by molar-refractivity contribution is -0.952. The molecule has 0 aromatic heterocycles. The van der Waals surface area contributed by atoms with Crippen LogP contribution < -0.4 is 9.47 Å². The van der Waals surface area contributed by atoms with E-state index in [1.165, 1.54) is 48.0 Å². The number of nitrogens with zero attached hydrogens (tertiary/aromatic N) is 1. The second-order valence-corrected chi connectivity index (χ2v) is 14.7. The van der Waals surface area contributed by atoms with Crippen LogP contribution in [0.3, 0.4) is 0 Å². The van der Waals surface area contributed by atoms with Crippen molar-refractivity contribution in [1.82, 2.24) is 0 Å². The number of fused-ring (bicyclic) bond motifs is 2. The minimum Gasteiger partial charge on any atom is -0.493 e. The lowest BCUT2D eigenvalue weighted by atomic mass is 9.34. The number of halogens is 2. The van der Waals surface area contributed by atoms with Crippen LogP contribution in [-0.4, -0.2) is 63.2 Å². The number of quaternary nitrogens is 1. The molecule has 2 aromatic rings. The molecule has 4 saturated carbocycles. The maximum Gasteiger partial charge on any atom is 0.165 e. The summed E-state index contributed by atoms with van der Waals surface area (Å²) >= 11 is 12.4. The van der Waals surface area contributed by atoms with Crippen molar-refractivity contribution < 1.29 is 23.4 Å². The molecular weight excluding hydrogens is 545 g/mol. The third kappa shape index (κ3) is 3.22. The monoisotopic (exact) mass is 584 g/mol. The van der Waals surface area contributed by atoms with Gasteiger partial charge in [-0.2, -0.15) is 0 Å². The van der Waals surface area contributed by atoms with Crippen molar-refractivity contribution in [3.63, 3.8) is 0 Å². The highest BCUT2D eigenvalue weighted by molar-refractivity contribution is 6.42. The minimum atomic E-state index is -0.389. The average Bonchev–Trinajstić information content (AvgIpc) is 3.68. The van der Waals surface area contributed by atoms with Gasteiger partial charge >= 0.3 is 0 Å². The number of ether oxygens (including phenoxy) is 4. The zero-order valence-electron chi connectivity index (χ0n) is 23.8. The van der Waals surface area contributed by atoms with Crippen molar-refractivity contribution in [2.75, 3.05) is 41.0 Å². The van der Waals surface area contributed by atoms with Gasteiger partial charge in [0.15, 0.2) is 11.5 Å². The molecule has 1 saturated heterocycles. The SMILES string of the molecule is COc1ccc2c3c1O[C@H]1[C@@]4(OC)CC[C@@]5(C[C@@H]4COCc4ccc(Cl)c(Cl)c4)[C@@H](C2)[N+](C)(CC2CC2)CC[C@]315. The second-order valence-electron chi connectivity index (χ2n) is 13.9. The average molecular weight is 586 g/mol. The molecule has 2 spiro atoms. The van der Waals surface area contributed by atoms with Gasteiger partial charge in [0.05, 0.1) is 62.0 Å². The molecule has 5 nitrogen and oxygen atoms in total. The smallest absolute Gasteiger partial charge is 0.165 e. The van der Waals surface area contributed by atoms with Gasteiger partial charge < -0.3 is 23.4 Å². The molecule has 0 amide bonds. The summed E-state index contributed by atoms with van der Waals surface area (Å²) in [6, 6.07) is 10.8. The van der Waals surface area contributed by atoms with Crippen LogP contribution in [0, 0.1) is 17.3 Å². The van der Waals surface area contributed by atoms with Crippen LogP contribution in [0.5, 0.6) is 11.5 Å². The summed E-state index contributed by atoms with van der Waals surface area (Å²) in [5, 5.41) is 1.14. The van der Waals surface area contributed by atoms with E-state index in [1.807, 2.05) is 25.3 Å². The maximum atomic E-state index is 7.16. The first kappa shape index (κ1) is 26.2. The first-order chi connectivity index (χ1) is 19.3. The Morgan fingerprint density at radius 3 is 2.65 bits per heavy atom. The highest BCUT2D eigenvalue weighted by Crippen LogP contribution is 2.77. The first-order valence-electron chi connectivity index (χ1n) is 15.1. The molecular formula is C33H40Cl2NO4+. The minimum absolute atomic E-state index is 0.0198. The molecule has 7 atom stereocenters. The van der Waals surface area contributed by atoms with Gasteiger partial charge in [-0.25, -0.2) is 0 Å². The quantitative estimate of drug-likeness (QED) is 0.328. The Kier molecular flexibility index (Phi) is 5.73. The predicted molar refractivity (Wildman–Crippen MR) is 155 cm³/mol. The van der Waals surface area contributed by atoms with E-state index >= 15 is 0 Å². The molecule has 1 unspecified atom stereocenters. The van der Waals surface area contributed by atoms with Crippen LogP contribution in [0.4, 0.5) is 0 Å². The molecule has 214 valence electrons. The van der Waals surface area contributed by atoms with Gasteiger partial charge in [0.2, 0.25) is 0 Å². The van der Waals surface area contributed by atoms with Gasteiger partial charge in [0.1, 0.15) is 11.7 Å². The fourth-order valence-electron chi connectivity index (χ4n) is 10.6. The lowest BCUT2D eigenvalue weighted by Gasteiger charge is -2.74. The Balaban J connectivity index is 1.21. The number of methoxy groups -OCH3 is 2. The van der Waals surface area contributed by atoms with E-state index in [1.54, 1.807) is 7.11 Å². The third-order valence-corrected chi connectivity index (χ3v) is 13.0. The molecule has 40 heavy (non-hydrogen) atoms. The molecule has 2 heterocycles. The molecule has 5 fully saturated rings. The van der Waals surface area contributed by atoms with Gasteiger partial charge in [-0.3, -0.25) is 0 Å². The zero-order chi connectivity index (χ0) is 27.5. The van der Waals surface area contributed by atoms with Crippen LogP contribution in [0.1, 0.15) is 55.2 Å². The molecule has 0 radical (unpaired) electrons. The van der Waals surface area contributed by atoms with Crippen LogP contribution in [0.2, 0.25) is 10.0 Å². The molecule has 0 N–H and O–H groups in total. The second kappa shape index (κ2) is 8.76. The molecule has 9 rings (SSSR count). The maximum absolute atomic E-state index is 7.16. The summed E-state index contributed by atoms with van der Waals surface area (Å²) in [4.78, 5) is 0. The van der Waals surface area contributed by atoms with Crippen molar-refractivity contribution in [2.24, 2.45) is 17.3 Å². The Morgan fingerprint density at radius 1 is 1.05 bits per heavy atom. The molecule has 7 heteroatoms. The lowest BCUT2D eigenvalue weighted by Crippen LogP contribution is -2.83. The van der Waals surface area contributed by atoms with Crippen LogP contribution >= 0.6 is 23.2 Å². The van der Waals surface area contributed by atoms with Crippen molar-refractivity contribution in [3.8, 4) is 11.5 Å². The van der Waals surface area contributed by atoms with Gasteiger partial charge in [-0.05, 0) is 61.4 Å². The van der Waals surface area contributed by atoms with Gasteiger partial charge in [-0.15, -0.1) is 0 Å². The number of benzene rings is 2. The summed E-state index contributed by atoms with van der Waals surface area (Å²) < 4.78 is 27.4. The van der Waals surface area contributed by atoms with Crippen molar-refractivity contribution in [3.05, 3.63) is 57.1 Å². The Morgan fingerprint density at radius 2 is 1.90 bits per heavy atom. The molecule has 7 aliphatic rings. The van der Waals surface area contributed by atoms with E-state index in [0.717, 1.165) is 48.7 Å². The van der Waals surface area contributed by atoms with Gasteiger partial charge in [0.25, 0.3) is 0 Å². The van der Waals surface area contributed by atoms with E-state index in [4.69, 9.17) is 42.1 Å². The molecule has 5 aliphatic carbocycles. The number of hydrogen-bond acceptors (Lipinski definition) is 4. The molecule has 2 aromatic carbocycles. The number of hydrogen-bond donors (Lipinski definition) is 0. The van der Waals surface area contributed by atoms with Crippen molar-refractivity contribution in [2.45, 2.75) is 74.7 Å². The summed E-state index contributed by atoms with van der Waals surface area (Å²) in [5.41, 5.74) is 3.74. The Hall–Kier alpha value is -1.50. The van der Waals surface area contributed by atoms with Gasteiger partial charge in [0, 0.05) is 42.8 Å². The van der Waals surface area contributed by atoms with Crippen LogP contribution in [0.25, 0.3) is 0 Å². The standard InChI is InChI=1S/C33H40Cl2NO4/c1-36(17-20-4-5-20)13-12-32-28-22-7-9-26(37-2)29(28)40-30(32)33(38-3)11-10-31(32,27(36)15-22)16-23(33)19-39-18-21-6-8-24(34)25(35)14-21/h6-9,14,20,23,27,30H,4-5,10-13,15-19H2,1-3H3/q+1/t23-,27-,30-,31-,32+,33-,36?/m1/s1. The van der Waals surface area contributed by atoms with E-state index < -0.39 is 0 Å². The fraction of sp³-hybridized carbons (Fsp3) is 0.636. The molecule has 4 bridgehead atoms.